The molecule has 5 nitrogen and oxygen atoms in total. The van der Waals surface area contributed by atoms with E-state index >= 15 is 0 Å². The summed E-state index contributed by atoms with van der Waals surface area (Å²) in [6.45, 7) is 1.76. The molecule has 0 saturated heterocycles. The van der Waals surface area contributed by atoms with Crippen LogP contribution in [-0.2, 0) is 17.8 Å². The minimum atomic E-state index is -0.350. The van der Waals surface area contributed by atoms with Crippen LogP contribution in [-0.4, -0.2) is 30.3 Å². The summed E-state index contributed by atoms with van der Waals surface area (Å²) in [6, 6.07) is 21.0. The largest absolute Gasteiger partial charge is 0.491 e. The predicted molar refractivity (Wildman–Crippen MR) is 147 cm³/mol. The van der Waals surface area contributed by atoms with Crippen molar-refractivity contribution in [3.8, 4) is 17.0 Å². The molecular formula is C32H33FN2O3. The number of carbonyl (C=O) groups is 1. The maximum atomic E-state index is 14.5. The van der Waals surface area contributed by atoms with Gasteiger partial charge in [0.15, 0.2) is 0 Å². The normalized spacial score (nSPS) is 17.7. The number of benzene rings is 3. The second-order valence-electron chi connectivity index (χ2n) is 10.4. The van der Waals surface area contributed by atoms with Gasteiger partial charge in [-0.2, -0.15) is 0 Å². The summed E-state index contributed by atoms with van der Waals surface area (Å²) in [5, 5.41) is 4.81. The van der Waals surface area contributed by atoms with Gasteiger partial charge < -0.3 is 19.4 Å². The third-order valence-electron chi connectivity index (χ3n) is 8.02. The van der Waals surface area contributed by atoms with E-state index < -0.39 is 0 Å². The van der Waals surface area contributed by atoms with Crippen molar-refractivity contribution in [3.05, 3.63) is 89.2 Å². The van der Waals surface area contributed by atoms with Gasteiger partial charge in [0.2, 0.25) is 0 Å². The van der Waals surface area contributed by atoms with E-state index in [9.17, 15) is 9.18 Å². The van der Waals surface area contributed by atoms with Gasteiger partial charge in [-0.25, -0.2) is 9.18 Å². The first-order valence-corrected chi connectivity index (χ1v) is 13.6. The minimum absolute atomic E-state index is 0.0260. The smallest absolute Gasteiger partial charge is 0.337 e. The number of ether oxygens (including phenoxy) is 2. The van der Waals surface area contributed by atoms with Crippen LogP contribution >= 0.6 is 0 Å². The summed E-state index contributed by atoms with van der Waals surface area (Å²) in [6.07, 6.45) is 5.90. The topological polar surface area (TPSA) is 52.5 Å². The molecule has 1 aromatic heterocycles. The first kappa shape index (κ1) is 24.7. The molecule has 3 aromatic carbocycles. The molecule has 0 amide bonds. The quantitative estimate of drug-likeness (QED) is 0.298. The second kappa shape index (κ2) is 10.6. The first-order chi connectivity index (χ1) is 18.6. The van der Waals surface area contributed by atoms with Gasteiger partial charge in [-0.1, -0.05) is 55.7 Å². The summed E-state index contributed by atoms with van der Waals surface area (Å²) in [7, 11) is 1.41. The highest BCUT2D eigenvalue weighted by atomic mass is 19.1. The molecule has 1 aliphatic carbocycles. The van der Waals surface area contributed by atoms with E-state index in [1.54, 1.807) is 0 Å². The molecule has 6 rings (SSSR count). The third kappa shape index (κ3) is 4.69. The number of rotatable bonds is 5. The van der Waals surface area contributed by atoms with Gasteiger partial charge in [-0.15, -0.1) is 0 Å². The van der Waals surface area contributed by atoms with E-state index in [0.29, 0.717) is 36.9 Å². The van der Waals surface area contributed by atoms with E-state index in [1.165, 1.54) is 49.6 Å². The lowest BCUT2D eigenvalue weighted by molar-refractivity contribution is 0.0601. The zero-order valence-electron chi connectivity index (χ0n) is 21.7. The van der Waals surface area contributed by atoms with E-state index in [-0.39, 0.29) is 17.8 Å². The molecule has 2 aliphatic rings. The van der Waals surface area contributed by atoms with Crippen molar-refractivity contribution in [1.82, 2.24) is 9.88 Å². The number of methoxy groups -OCH3 is 1. The molecule has 6 heteroatoms. The Labute approximate surface area is 222 Å². The highest BCUT2D eigenvalue weighted by Gasteiger charge is 2.31. The van der Waals surface area contributed by atoms with Crippen LogP contribution in [0.5, 0.6) is 5.75 Å². The molecule has 0 spiro atoms. The number of aromatic nitrogens is 1. The van der Waals surface area contributed by atoms with E-state index in [0.717, 1.165) is 35.0 Å². The van der Waals surface area contributed by atoms with Crippen LogP contribution < -0.4 is 10.1 Å². The zero-order valence-corrected chi connectivity index (χ0v) is 21.7. The van der Waals surface area contributed by atoms with Crippen molar-refractivity contribution in [2.45, 2.75) is 57.2 Å². The van der Waals surface area contributed by atoms with Gasteiger partial charge in [-0.3, -0.25) is 0 Å². The number of nitrogens with one attached hydrogen (secondary N) is 1. The van der Waals surface area contributed by atoms with Crippen LogP contribution in [0.15, 0.2) is 66.7 Å². The van der Waals surface area contributed by atoms with Gasteiger partial charge in [0.1, 0.15) is 18.2 Å². The molecule has 0 bridgehead atoms. The van der Waals surface area contributed by atoms with E-state index in [4.69, 9.17) is 9.47 Å². The average molecular weight is 513 g/mol. The number of carbonyl (C=O) groups excluding carboxylic acids is 1. The van der Waals surface area contributed by atoms with Crippen LogP contribution in [0.4, 0.5) is 4.39 Å². The molecule has 38 heavy (non-hydrogen) atoms. The molecule has 2 heterocycles. The maximum absolute atomic E-state index is 14.5. The molecule has 1 aliphatic heterocycles. The molecule has 196 valence electrons. The fraction of sp³-hybridized carbons (Fsp3) is 0.344. The highest BCUT2D eigenvalue weighted by Crippen LogP contribution is 2.47. The maximum Gasteiger partial charge on any atom is 0.337 e. The fourth-order valence-corrected chi connectivity index (χ4v) is 6.16. The second-order valence-corrected chi connectivity index (χ2v) is 10.4. The Hall–Kier alpha value is -3.64. The molecule has 1 saturated carbocycles. The Morgan fingerprint density at radius 3 is 2.66 bits per heavy atom. The van der Waals surface area contributed by atoms with Crippen molar-refractivity contribution in [1.29, 1.82) is 0 Å². The highest BCUT2D eigenvalue weighted by molar-refractivity contribution is 5.99. The number of halogens is 1. The average Bonchev–Trinajstić information content (AvgIpc) is 3.26. The molecule has 4 aromatic rings. The van der Waals surface area contributed by atoms with Crippen LogP contribution in [0.2, 0.25) is 0 Å². The minimum Gasteiger partial charge on any atom is -0.491 e. The first-order valence-electron chi connectivity index (χ1n) is 13.6. The Morgan fingerprint density at radius 1 is 1.05 bits per heavy atom. The zero-order chi connectivity index (χ0) is 26.1. The molecule has 1 fully saturated rings. The van der Waals surface area contributed by atoms with E-state index in [2.05, 4.69) is 28.1 Å². The van der Waals surface area contributed by atoms with Gasteiger partial charge in [-0.05, 0) is 54.2 Å². The van der Waals surface area contributed by atoms with Gasteiger partial charge in [0, 0.05) is 35.6 Å². The van der Waals surface area contributed by atoms with Gasteiger partial charge in [0.05, 0.1) is 24.4 Å². The van der Waals surface area contributed by atoms with Crippen LogP contribution in [0.25, 0.3) is 22.2 Å². The van der Waals surface area contributed by atoms with Crippen LogP contribution in [0.1, 0.15) is 59.5 Å². The lowest BCUT2D eigenvalue weighted by Gasteiger charge is -2.28. The third-order valence-corrected chi connectivity index (χ3v) is 8.02. The summed E-state index contributed by atoms with van der Waals surface area (Å²) in [5.74, 6) is 0.301. The number of fused-ring (bicyclic) bond motifs is 5. The fourth-order valence-electron chi connectivity index (χ4n) is 6.16. The Kier molecular flexibility index (Phi) is 6.90. The Balaban J connectivity index is 1.53. The molecule has 1 atom stereocenters. The number of nitrogens with zero attached hydrogens (tertiary/aromatic N) is 1. The Bertz CT molecular complexity index is 1460. The summed E-state index contributed by atoms with van der Waals surface area (Å²) >= 11 is 0. The number of hydrogen-bond acceptors (Lipinski definition) is 4. The monoisotopic (exact) mass is 512 g/mol. The van der Waals surface area contributed by atoms with Crippen molar-refractivity contribution >= 4 is 16.9 Å². The Morgan fingerprint density at radius 2 is 1.87 bits per heavy atom. The lowest BCUT2D eigenvalue weighted by Crippen LogP contribution is -2.39. The number of esters is 1. The molecule has 1 N–H and O–H groups in total. The predicted octanol–water partition coefficient (Wildman–Crippen LogP) is 6.83. The van der Waals surface area contributed by atoms with Crippen molar-refractivity contribution < 1.29 is 18.7 Å². The molecule has 0 radical (unpaired) electrons. The van der Waals surface area contributed by atoms with E-state index in [1.807, 2.05) is 36.4 Å². The van der Waals surface area contributed by atoms with Crippen molar-refractivity contribution in [2.75, 3.05) is 13.7 Å². The van der Waals surface area contributed by atoms with Crippen molar-refractivity contribution in [3.63, 3.8) is 0 Å². The molecular weight excluding hydrogens is 479 g/mol. The van der Waals surface area contributed by atoms with Crippen molar-refractivity contribution in [2.24, 2.45) is 0 Å². The lowest BCUT2D eigenvalue weighted by atomic mass is 9.81. The summed E-state index contributed by atoms with van der Waals surface area (Å²) in [5.41, 5.74) is 6.00. The van der Waals surface area contributed by atoms with Gasteiger partial charge >= 0.3 is 5.97 Å². The number of hydrogen-bond donors (Lipinski definition) is 1. The standard InChI is InChI=1S/C32H33FN2O3/c1-37-32(36)23-12-14-26-28(16-23)35-19-25(34-18-21-8-4-2-5-9-21)20-38-29-17-24(33)13-15-27(29)31(35)30(26)22-10-6-3-7-11-22/h2,4-5,8-9,12-17,22,25,34H,3,6-7,10-11,18-20H2,1H3/t25-/m1/s1. The van der Waals surface area contributed by atoms with Gasteiger partial charge in [0.25, 0.3) is 0 Å². The summed E-state index contributed by atoms with van der Waals surface area (Å²) < 4.78 is 28.1. The van der Waals surface area contributed by atoms with Crippen LogP contribution in [0.3, 0.4) is 0 Å². The summed E-state index contributed by atoms with van der Waals surface area (Å²) in [4.78, 5) is 12.5. The SMILES string of the molecule is COC(=O)c1ccc2c(C3CCCCC3)c3n(c2c1)C[C@@H](NCc1ccccc1)COc1cc(F)ccc1-3. The van der Waals surface area contributed by atoms with Crippen LogP contribution in [0, 0.1) is 5.82 Å². The molecule has 0 unspecified atom stereocenters.